The maximum atomic E-state index is 12.7. The van der Waals surface area contributed by atoms with Gasteiger partial charge in [0.25, 0.3) is 0 Å². The lowest BCUT2D eigenvalue weighted by molar-refractivity contribution is -0.137. The highest BCUT2D eigenvalue weighted by Crippen LogP contribution is 2.30. The Bertz CT molecular complexity index is 509. The van der Waals surface area contributed by atoms with Gasteiger partial charge >= 0.3 is 15.0 Å². The Morgan fingerprint density at radius 2 is 1.60 bits per heavy atom. The van der Waals surface area contributed by atoms with E-state index >= 15 is 0 Å². The SMILES string of the molecule is CC(C)O[Si](O)(CCCCCc1cccc(C(F)(F)F)c1)OC(C)C. The highest BCUT2D eigenvalue weighted by molar-refractivity contribution is 6.59. The maximum Gasteiger partial charge on any atom is 0.498 e. The summed E-state index contributed by atoms with van der Waals surface area (Å²) in [7, 11) is -3.19. The third-order valence-electron chi connectivity index (χ3n) is 3.55. The Balaban J connectivity index is 2.44. The van der Waals surface area contributed by atoms with Crippen LogP contribution in [0.1, 0.15) is 58.1 Å². The smallest absolute Gasteiger partial charge is 0.390 e. The first-order valence-corrected chi connectivity index (χ1v) is 10.7. The lowest BCUT2D eigenvalue weighted by Crippen LogP contribution is -2.46. The van der Waals surface area contributed by atoms with E-state index in [-0.39, 0.29) is 12.2 Å². The van der Waals surface area contributed by atoms with Gasteiger partial charge in [0.15, 0.2) is 0 Å². The highest BCUT2D eigenvalue weighted by Gasteiger charge is 2.38. The first-order chi connectivity index (χ1) is 11.5. The summed E-state index contributed by atoms with van der Waals surface area (Å²) in [4.78, 5) is 10.6. The lowest BCUT2D eigenvalue weighted by atomic mass is 10.0. The first kappa shape index (κ1) is 22.1. The fourth-order valence-electron chi connectivity index (χ4n) is 2.64. The summed E-state index contributed by atoms with van der Waals surface area (Å²) in [6.07, 6.45) is -1.66. The van der Waals surface area contributed by atoms with E-state index in [0.717, 1.165) is 25.3 Å². The fourth-order valence-corrected chi connectivity index (χ4v) is 5.10. The second kappa shape index (κ2) is 9.71. The molecule has 0 radical (unpaired) electrons. The molecule has 0 aliphatic rings. The van der Waals surface area contributed by atoms with E-state index in [4.69, 9.17) is 8.85 Å². The van der Waals surface area contributed by atoms with Crippen molar-refractivity contribution in [1.29, 1.82) is 0 Å². The molecule has 144 valence electrons. The molecule has 0 fully saturated rings. The first-order valence-electron chi connectivity index (χ1n) is 8.76. The van der Waals surface area contributed by atoms with Crippen molar-refractivity contribution in [2.24, 2.45) is 0 Å². The van der Waals surface area contributed by atoms with Crippen LogP contribution < -0.4 is 0 Å². The van der Waals surface area contributed by atoms with E-state index in [1.165, 1.54) is 12.1 Å². The summed E-state index contributed by atoms with van der Waals surface area (Å²) < 4.78 is 49.3. The molecule has 0 aliphatic carbocycles. The molecule has 7 heteroatoms. The molecule has 0 heterocycles. The predicted octanol–water partition coefficient (Wildman–Crippen LogP) is 5.20. The van der Waals surface area contributed by atoms with Crippen LogP contribution in [0.25, 0.3) is 0 Å². The monoisotopic (exact) mass is 378 g/mol. The minimum absolute atomic E-state index is 0.111. The van der Waals surface area contributed by atoms with E-state index in [2.05, 4.69) is 0 Å². The number of unbranched alkanes of at least 4 members (excludes halogenated alkanes) is 2. The summed E-state index contributed by atoms with van der Waals surface area (Å²) in [6, 6.07) is 5.91. The zero-order chi connectivity index (χ0) is 19.1. The van der Waals surface area contributed by atoms with Gasteiger partial charge in [0, 0.05) is 18.3 Å². The van der Waals surface area contributed by atoms with Gasteiger partial charge in [-0.3, -0.25) is 0 Å². The number of halogens is 3. The number of rotatable bonds is 10. The molecule has 0 saturated heterocycles. The van der Waals surface area contributed by atoms with Gasteiger partial charge in [-0.05, 0) is 58.6 Å². The van der Waals surface area contributed by atoms with Gasteiger partial charge in [0.2, 0.25) is 0 Å². The van der Waals surface area contributed by atoms with Crippen molar-refractivity contribution in [2.75, 3.05) is 0 Å². The van der Waals surface area contributed by atoms with Crippen LogP contribution in [0.5, 0.6) is 0 Å². The number of aryl methyl sites for hydroxylation is 1. The molecule has 0 atom stereocenters. The Hall–Kier alpha value is -0.893. The molecule has 3 nitrogen and oxygen atoms in total. The molecule has 0 aromatic heterocycles. The molecular weight excluding hydrogens is 349 g/mol. The van der Waals surface area contributed by atoms with E-state index in [1.807, 2.05) is 27.7 Å². The van der Waals surface area contributed by atoms with Crippen LogP contribution >= 0.6 is 0 Å². The normalized spacial score (nSPS) is 13.0. The summed E-state index contributed by atoms with van der Waals surface area (Å²) in [5.41, 5.74) is 0.0710. The molecule has 0 unspecified atom stereocenters. The summed E-state index contributed by atoms with van der Waals surface area (Å²) in [5, 5.41) is 0. The van der Waals surface area contributed by atoms with E-state index in [0.29, 0.717) is 18.0 Å². The number of hydrogen-bond acceptors (Lipinski definition) is 3. The zero-order valence-electron chi connectivity index (χ0n) is 15.4. The largest absolute Gasteiger partial charge is 0.498 e. The van der Waals surface area contributed by atoms with Crippen LogP contribution in [0.3, 0.4) is 0 Å². The Labute approximate surface area is 149 Å². The molecular formula is C18H29F3O3Si. The number of hydrogen-bond donors (Lipinski definition) is 1. The average Bonchev–Trinajstić information content (AvgIpc) is 2.44. The summed E-state index contributed by atoms with van der Waals surface area (Å²) >= 11 is 0. The van der Waals surface area contributed by atoms with Crippen LogP contribution in [0.15, 0.2) is 24.3 Å². The van der Waals surface area contributed by atoms with Crippen molar-refractivity contribution >= 4 is 8.80 Å². The van der Waals surface area contributed by atoms with Crippen LogP contribution in [0.2, 0.25) is 6.04 Å². The summed E-state index contributed by atoms with van der Waals surface area (Å²) in [6.45, 7) is 7.43. The van der Waals surface area contributed by atoms with Gasteiger partial charge in [-0.15, -0.1) is 0 Å². The third kappa shape index (κ3) is 8.85. The quantitative estimate of drug-likeness (QED) is 0.449. The molecule has 25 heavy (non-hydrogen) atoms. The van der Waals surface area contributed by atoms with Crippen LogP contribution in [-0.4, -0.2) is 25.8 Å². The standard InChI is InChI=1S/C18H29F3O3Si/c1-14(2)23-25(22,24-15(3)4)12-7-5-6-9-16-10-8-11-17(13-16)18(19,20)21/h8,10-11,13-15,22H,5-7,9,12H2,1-4H3. The van der Waals surface area contributed by atoms with Crippen molar-refractivity contribution in [1.82, 2.24) is 0 Å². The van der Waals surface area contributed by atoms with Crippen molar-refractivity contribution in [2.45, 2.75) is 77.8 Å². The number of benzene rings is 1. The van der Waals surface area contributed by atoms with Crippen LogP contribution in [0, 0.1) is 0 Å². The minimum Gasteiger partial charge on any atom is -0.390 e. The summed E-state index contributed by atoms with van der Waals surface area (Å²) in [5.74, 6) is 0. The van der Waals surface area contributed by atoms with Gasteiger partial charge in [-0.1, -0.05) is 24.6 Å². The number of alkyl halides is 3. The minimum atomic E-state index is -4.31. The van der Waals surface area contributed by atoms with Crippen molar-refractivity contribution in [3.05, 3.63) is 35.4 Å². The maximum absolute atomic E-state index is 12.7. The molecule has 0 amide bonds. The molecule has 1 rings (SSSR count). The van der Waals surface area contributed by atoms with Crippen molar-refractivity contribution in [3.63, 3.8) is 0 Å². The zero-order valence-corrected chi connectivity index (χ0v) is 16.4. The molecule has 0 bridgehead atoms. The van der Waals surface area contributed by atoms with Crippen molar-refractivity contribution in [3.8, 4) is 0 Å². The predicted molar refractivity (Wildman–Crippen MR) is 94.2 cm³/mol. The molecule has 1 aromatic carbocycles. The van der Waals surface area contributed by atoms with Crippen molar-refractivity contribution < 1.29 is 26.8 Å². The van der Waals surface area contributed by atoms with Gasteiger partial charge in [-0.25, -0.2) is 0 Å². The second-order valence-corrected chi connectivity index (χ2v) is 9.20. The molecule has 0 aliphatic heterocycles. The third-order valence-corrected chi connectivity index (χ3v) is 6.22. The molecule has 1 N–H and O–H groups in total. The Morgan fingerprint density at radius 1 is 1.00 bits per heavy atom. The second-order valence-electron chi connectivity index (χ2n) is 6.80. The topological polar surface area (TPSA) is 38.7 Å². The van der Waals surface area contributed by atoms with Gasteiger partial charge in [0.1, 0.15) is 0 Å². The fraction of sp³-hybridized carbons (Fsp3) is 0.667. The molecule has 0 saturated carbocycles. The Kier molecular flexibility index (Phi) is 8.60. The van der Waals surface area contributed by atoms with Gasteiger partial charge < -0.3 is 13.6 Å². The van der Waals surface area contributed by atoms with Gasteiger partial charge in [0.05, 0.1) is 5.56 Å². The van der Waals surface area contributed by atoms with Crippen LogP contribution in [0.4, 0.5) is 13.2 Å². The van der Waals surface area contributed by atoms with E-state index in [1.54, 1.807) is 6.07 Å². The van der Waals surface area contributed by atoms with Crippen LogP contribution in [-0.2, 0) is 21.4 Å². The molecule has 1 aromatic rings. The average molecular weight is 379 g/mol. The molecule has 0 spiro atoms. The van der Waals surface area contributed by atoms with E-state index in [9.17, 15) is 18.0 Å². The highest BCUT2D eigenvalue weighted by atomic mass is 28.4. The lowest BCUT2D eigenvalue weighted by Gasteiger charge is -2.28. The van der Waals surface area contributed by atoms with Gasteiger partial charge in [-0.2, -0.15) is 13.2 Å². The Morgan fingerprint density at radius 3 is 2.12 bits per heavy atom. The van der Waals surface area contributed by atoms with E-state index < -0.39 is 20.5 Å².